The number of unbranched alkanes of at least 4 members (excludes halogenated alkanes) is 26. The summed E-state index contributed by atoms with van der Waals surface area (Å²) in [5.41, 5.74) is 0. The Morgan fingerprint density at radius 2 is 0.864 bits per heavy atom. The Morgan fingerprint density at radius 3 is 1.25 bits per heavy atom. The van der Waals surface area contributed by atoms with E-state index in [1.807, 2.05) is 6.08 Å². The van der Waals surface area contributed by atoms with Gasteiger partial charge in [-0.05, 0) is 44.9 Å². The van der Waals surface area contributed by atoms with Gasteiger partial charge < -0.3 is 15.5 Å². The zero-order valence-electron chi connectivity index (χ0n) is 29.7. The van der Waals surface area contributed by atoms with E-state index in [2.05, 4.69) is 31.3 Å². The van der Waals surface area contributed by atoms with Crippen molar-refractivity contribution in [2.75, 3.05) is 6.61 Å². The largest absolute Gasteiger partial charge is 0.394 e. The van der Waals surface area contributed by atoms with Crippen LogP contribution in [0.15, 0.2) is 24.3 Å². The van der Waals surface area contributed by atoms with Crippen LogP contribution < -0.4 is 5.32 Å². The Bertz CT molecular complexity index is 632. The number of amides is 1. The van der Waals surface area contributed by atoms with Gasteiger partial charge in [-0.3, -0.25) is 4.79 Å². The number of aliphatic hydroxyl groups excluding tert-OH is 2. The highest BCUT2D eigenvalue weighted by Crippen LogP contribution is 2.14. The summed E-state index contributed by atoms with van der Waals surface area (Å²) in [5, 5.41) is 22.7. The van der Waals surface area contributed by atoms with Crippen LogP contribution in [-0.2, 0) is 4.79 Å². The van der Waals surface area contributed by atoms with Crippen LogP contribution in [0.3, 0.4) is 0 Å². The molecule has 0 aromatic rings. The van der Waals surface area contributed by atoms with Gasteiger partial charge in [0.25, 0.3) is 0 Å². The second-order valence-electron chi connectivity index (χ2n) is 13.3. The van der Waals surface area contributed by atoms with Gasteiger partial charge in [0.15, 0.2) is 0 Å². The van der Waals surface area contributed by atoms with E-state index in [9.17, 15) is 15.0 Å². The van der Waals surface area contributed by atoms with E-state index >= 15 is 0 Å². The number of hydrogen-bond acceptors (Lipinski definition) is 3. The van der Waals surface area contributed by atoms with Crippen molar-refractivity contribution < 1.29 is 15.0 Å². The Morgan fingerprint density at radius 1 is 0.523 bits per heavy atom. The fourth-order valence-electron chi connectivity index (χ4n) is 5.88. The summed E-state index contributed by atoms with van der Waals surface area (Å²) in [4.78, 5) is 12.3. The van der Waals surface area contributed by atoms with Crippen molar-refractivity contribution in [1.82, 2.24) is 5.32 Å². The van der Waals surface area contributed by atoms with Crippen LogP contribution in [0.4, 0.5) is 0 Å². The molecule has 0 bridgehead atoms. The monoisotopic (exact) mass is 620 g/mol. The van der Waals surface area contributed by atoms with Crippen molar-refractivity contribution in [3.05, 3.63) is 24.3 Å². The molecule has 2 unspecified atom stereocenters. The van der Waals surface area contributed by atoms with Crippen molar-refractivity contribution in [3.63, 3.8) is 0 Å². The molecule has 0 spiro atoms. The molecule has 0 aliphatic rings. The van der Waals surface area contributed by atoms with Gasteiger partial charge in [-0.25, -0.2) is 0 Å². The van der Waals surface area contributed by atoms with Crippen LogP contribution in [0.25, 0.3) is 0 Å². The number of carbonyl (C=O) groups excluding carboxylic acids is 1. The lowest BCUT2D eigenvalue weighted by atomic mass is 10.0. The smallest absolute Gasteiger partial charge is 0.220 e. The lowest BCUT2D eigenvalue weighted by Gasteiger charge is -2.20. The van der Waals surface area contributed by atoms with Crippen molar-refractivity contribution in [3.8, 4) is 0 Å². The van der Waals surface area contributed by atoms with Gasteiger partial charge in [-0.15, -0.1) is 0 Å². The van der Waals surface area contributed by atoms with Crippen molar-refractivity contribution in [1.29, 1.82) is 0 Å². The first kappa shape index (κ1) is 42.9. The molecule has 1 amide bonds. The number of aliphatic hydroxyl groups is 2. The van der Waals surface area contributed by atoms with Crippen LogP contribution in [0, 0.1) is 0 Å². The number of rotatable bonds is 35. The third-order valence-electron chi connectivity index (χ3n) is 8.93. The van der Waals surface area contributed by atoms with Gasteiger partial charge in [0.1, 0.15) is 0 Å². The van der Waals surface area contributed by atoms with E-state index in [-0.39, 0.29) is 12.5 Å². The lowest BCUT2D eigenvalue weighted by Crippen LogP contribution is -2.45. The molecule has 0 saturated carbocycles. The second kappa shape index (κ2) is 36.3. The summed E-state index contributed by atoms with van der Waals surface area (Å²) in [7, 11) is 0. The zero-order valence-corrected chi connectivity index (χ0v) is 29.7. The summed E-state index contributed by atoms with van der Waals surface area (Å²) in [6.07, 6.45) is 45.8. The standard InChI is InChI=1S/C40H77NO3/c1-3-5-7-9-11-12-13-14-15-16-17-18-19-20-21-22-23-24-25-26-27-28-30-32-34-36-40(44)41-38(37-42)39(43)35-33-31-29-10-8-6-4-2/h16-17,33,35,38-39,42-43H,3-15,18-32,34,36-37H2,1-2H3,(H,41,44)/b17-16-,35-33+. The number of allylic oxidation sites excluding steroid dienone is 3. The average molecular weight is 620 g/mol. The molecule has 2 atom stereocenters. The number of carbonyl (C=O) groups is 1. The van der Waals surface area contributed by atoms with Gasteiger partial charge in [-0.2, -0.15) is 0 Å². The van der Waals surface area contributed by atoms with E-state index in [0.29, 0.717) is 6.42 Å². The first-order valence-corrected chi connectivity index (χ1v) is 19.6. The molecule has 0 aliphatic carbocycles. The van der Waals surface area contributed by atoms with Crippen LogP contribution in [0.2, 0.25) is 0 Å². The quantitative estimate of drug-likeness (QED) is 0.0488. The third kappa shape index (κ3) is 32.3. The molecular weight excluding hydrogens is 542 g/mol. The second-order valence-corrected chi connectivity index (χ2v) is 13.3. The minimum Gasteiger partial charge on any atom is -0.394 e. The Kier molecular flexibility index (Phi) is 35.4. The topological polar surface area (TPSA) is 69.6 Å². The van der Waals surface area contributed by atoms with E-state index in [0.717, 1.165) is 25.7 Å². The molecule has 0 fully saturated rings. The first-order valence-electron chi connectivity index (χ1n) is 19.6. The minimum absolute atomic E-state index is 0.0679. The summed E-state index contributed by atoms with van der Waals surface area (Å²) in [6, 6.07) is -0.616. The van der Waals surface area contributed by atoms with Crippen LogP contribution in [0.1, 0.15) is 206 Å². The minimum atomic E-state index is -0.832. The average Bonchev–Trinajstić information content (AvgIpc) is 3.03. The highest BCUT2D eigenvalue weighted by Gasteiger charge is 2.17. The number of nitrogens with one attached hydrogen (secondary N) is 1. The van der Waals surface area contributed by atoms with Crippen LogP contribution in [0.5, 0.6) is 0 Å². The van der Waals surface area contributed by atoms with Crippen LogP contribution >= 0.6 is 0 Å². The van der Waals surface area contributed by atoms with Gasteiger partial charge in [-0.1, -0.05) is 179 Å². The van der Waals surface area contributed by atoms with Gasteiger partial charge in [0.05, 0.1) is 18.8 Å². The molecule has 0 saturated heterocycles. The van der Waals surface area contributed by atoms with Gasteiger partial charge in [0, 0.05) is 6.42 Å². The van der Waals surface area contributed by atoms with Gasteiger partial charge >= 0.3 is 0 Å². The predicted molar refractivity (Wildman–Crippen MR) is 193 cm³/mol. The van der Waals surface area contributed by atoms with E-state index < -0.39 is 12.1 Å². The molecule has 0 heterocycles. The van der Waals surface area contributed by atoms with Gasteiger partial charge in [0.2, 0.25) is 5.91 Å². The molecule has 0 aromatic heterocycles. The van der Waals surface area contributed by atoms with Crippen LogP contribution in [-0.4, -0.2) is 34.9 Å². The molecule has 4 nitrogen and oxygen atoms in total. The fourth-order valence-corrected chi connectivity index (χ4v) is 5.88. The first-order chi connectivity index (χ1) is 21.7. The molecule has 3 N–H and O–H groups in total. The fraction of sp³-hybridized carbons (Fsp3) is 0.875. The summed E-state index contributed by atoms with van der Waals surface area (Å²) < 4.78 is 0. The highest BCUT2D eigenvalue weighted by molar-refractivity contribution is 5.76. The SMILES string of the molecule is CCCCCCC/C=C/C(O)C(CO)NC(=O)CCCCCCCCCCCCCCC/C=C\CCCCCCCCCC. The molecule has 0 aromatic carbocycles. The van der Waals surface area contributed by atoms with Crippen molar-refractivity contribution in [2.45, 2.75) is 219 Å². The molecule has 260 valence electrons. The Balaban J connectivity index is 3.45. The lowest BCUT2D eigenvalue weighted by molar-refractivity contribution is -0.123. The molecule has 0 aliphatic heterocycles. The van der Waals surface area contributed by atoms with E-state index in [1.165, 1.54) is 161 Å². The highest BCUT2D eigenvalue weighted by atomic mass is 16.3. The van der Waals surface area contributed by atoms with Crippen molar-refractivity contribution >= 4 is 5.91 Å². The van der Waals surface area contributed by atoms with E-state index in [4.69, 9.17) is 0 Å². The summed E-state index contributed by atoms with van der Waals surface area (Å²) in [6.45, 7) is 4.25. The number of hydrogen-bond donors (Lipinski definition) is 3. The molecule has 0 radical (unpaired) electrons. The normalized spacial score (nSPS) is 13.3. The molecule has 4 heteroatoms. The maximum Gasteiger partial charge on any atom is 0.220 e. The Hall–Kier alpha value is -1.13. The third-order valence-corrected chi connectivity index (χ3v) is 8.93. The molecular formula is C40H77NO3. The van der Waals surface area contributed by atoms with Crippen molar-refractivity contribution in [2.24, 2.45) is 0 Å². The zero-order chi connectivity index (χ0) is 32.2. The maximum atomic E-state index is 12.3. The summed E-state index contributed by atoms with van der Waals surface area (Å²) >= 11 is 0. The molecule has 0 rings (SSSR count). The van der Waals surface area contributed by atoms with E-state index in [1.54, 1.807) is 6.08 Å². The Labute approximate surface area is 275 Å². The predicted octanol–water partition coefficient (Wildman–Crippen LogP) is 11.7. The maximum absolute atomic E-state index is 12.3. The summed E-state index contributed by atoms with van der Waals surface area (Å²) in [5.74, 6) is -0.0679. The molecule has 44 heavy (non-hydrogen) atoms.